The van der Waals surface area contributed by atoms with Gasteiger partial charge in [0, 0.05) is 44.5 Å². The number of ether oxygens (including phenoxy) is 1. The van der Waals surface area contributed by atoms with E-state index < -0.39 is 0 Å². The molecule has 5 heteroatoms. The predicted octanol–water partition coefficient (Wildman–Crippen LogP) is 3.11. The second-order valence-electron chi connectivity index (χ2n) is 6.89. The lowest BCUT2D eigenvalue weighted by Gasteiger charge is -2.22. The lowest BCUT2D eigenvalue weighted by Crippen LogP contribution is -2.42. The molecule has 0 spiro atoms. The van der Waals surface area contributed by atoms with Gasteiger partial charge >= 0.3 is 6.03 Å². The maximum Gasteiger partial charge on any atom is 0.317 e. The van der Waals surface area contributed by atoms with Gasteiger partial charge in [0.25, 0.3) is 0 Å². The van der Waals surface area contributed by atoms with Gasteiger partial charge in [0.15, 0.2) is 0 Å². The van der Waals surface area contributed by atoms with Crippen LogP contribution < -0.4 is 15.0 Å². The number of hydrogen-bond donors (Lipinski definition) is 1. The first-order valence-corrected chi connectivity index (χ1v) is 9.18. The lowest BCUT2D eigenvalue weighted by atomic mass is 10.1. The Morgan fingerprint density at radius 1 is 1.21 bits per heavy atom. The smallest absolute Gasteiger partial charge is 0.317 e. The minimum atomic E-state index is 0.122. The number of rotatable bonds is 4. The number of carbonyl (C=O) groups excluding carboxylic acids is 1. The van der Waals surface area contributed by atoms with Crippen molar-refractivity contribution in [2.75, 3.05) is 44.7 Å². The molecule has 1 N–H and O–H groups in total. The number of nitrogens with one attached hydrogen (secondary N) is 1. The highest BCUT2D eigenvalue weighted by molar-refractivity contribution is 5.74. The predicted molar refractivity (Wildman–Crippen MR) is 96.8 cm³/mol. The van der Waals surface area contributed by atoms with Gasteiger partial charge in [-0.25, -0.2) is 4.79 Å². The molecular weight excluding hydrogens is 302 g/mol. The summed E-state index contributed by atoms with van der Waals surface area (Å²) in [5.74, 6) is 1.41. The van der Waals surface area contributed by atoms with Crippen LogP contribution in [0.15, 0.2) is 24.3 Å². The van der Waals surface area contributed by atoms with Crippen LogP contribution in [0.25, 0.3) is 0 Å². The maximum absolute atomic E-state index is 12.3. The van der Waals surface area contributed by atoms with Crippen molar-refractivity contribution in [2.45, 2.75) is 32.1 Å². The molecule has 0 bridgehead atoms. The number of amides is 2. The summed E-state index contributed by atoms with van der Waals surface area (Å²) in [6, 6.07) is 8.33. The molecule has 0 aliphatic carbocycles. The summed E-state index contributed by atoms with van der Waals surface area (Å²) < 4.78 is 5.31. The molecule has 3 rings (SSSR count). The van der Waals surface area contributed by atoms with Gasteiger partial charge in [0.1, 0.15) is 5.75 Å². The SMILES string of the molecule is COc1cccc(N2CCC(CNC(=O)N3CCCCCC3)C2)c1. The van der Waals surface area contributed by atoms with Gasteiger partial charge in [-0.2, -0.15) is 0 Å². The standard InChI is InChI=1S/C19H29N3O2/c1-24-18-8-6-7-17(13-18)22-12-9-16(15-22)14-20-19(23)21-10-4-2-3-5-11-21/h6-8,13,16H,2-5,9-12,14-15H2,1H3,(H,20,23). The molecule has 0 radical (unpaired) electrons. The minimum Gasteiger partial charge on any atom is -0.497 e. The largest absolute Gasteiger partial charge is 0.497 e. The number of benzene rings is 1. The minimum absolute atomic E-state index is 0.122. The quantitative estimate of drug-likeness (QED) is 0.922. The van der Waals surface area contributed by atoms with Crippen molar-refractivity contribution < 1.29 is 9.53 Å². The summed E-state index contributed by atoms with van der Waals surface area (Å²) >= 11 is 0. The van der Waals surface area contributed by atoms with E-state index in [-0.39, 0.29) is 6.03 Å². The van der Waals surface area contributed by atoms with Crippen molar-refractivity contribution >= 4 is 11.7 Å². The molecule has 1 aromatic carbocycles. The summed E-state index contributed by atoms with van der Waals surface area (Å²) in [5, 5.41) is 3.15. The topological polar surface area (TPSA) is 44.8 Å². The third-order valence-corrected chi connectivity index (χ3v) is 5.14. The lowest BCUT2D eigenvalue weighted by molar-refractivity contribution is 0.198. The van der Waals surface area contributed by atoms with Crippen molar-refractivity contribution in [2.24, 2.45) is 5.92 Å². The Kier molecular flexibility index (Phi) is 5.83. The fourth-order valence-electron chi connectivity index (χ4n) is 3.66. The maximum atomic E-state index is 12.3. The second kappa shape index (κ2) is 8.27. The molecule has 2 aliphatic rings. The van der Waals surface area contributed by atoms with E-state index in [4.69, 9.17) is 4.74 Å². The van der Waals surface area contributed by atoms with E-state index in [2.05, 4.69) is 22.3 Å². The first kappa shape index (κ1) is 16.9. The van der Waals surface area contributed by atoms with Crippen LogP contribution in [0.3, 0.4) is 0 Å². The van der Waals surface area contributed by atoms with Crippen molar-refractivity contribution in [3.05, 3.63) is 24.3 Å². The number of anilines is 1. The molecule has 0 aromatic heterocycles. The van der Waals surface area contributed by atoms with Crippen LogP contribution in [-0.4, -0.2) is 50.8 Å². The zero-order valence-electron chi connectivity index (χ0n) is 14.7. The molecule has 2 heterocycles. The Balaban J connectivity index is 1.46. The van der Waals surface area contributed by atoms with Crippen molar-refractivity contribution in [1.82, 2.24) is 10.2 Å². The summed E-state index contributed by atoms with van der Waals surface area (Å²) in [6.07, 6.45) is 5.90. The average molecular weight is 331 g/mol. The van der Waals surface area contributed by atoms with Gasteiger partial charge in [-0.15, -0.1) is 0 Å². The van der Waals surface area contributed by atoms with Crippen molar-refractivity contribution in [3.8, 4) is 5.75 Å². The Labute approximate surface area is 145 Å². The van der Waals surface area contributed by atoms with E-state index in [1.165, 1.54) is 18.5 Å². The number of nitrogens with zero attached hydrogens (tertiary/aromatic N) is 2. The molecule has 1 atom stereocenters. The third kappa shape index (κ3) is 4.34. The van der Waals surface area contributed by atoms with Crippen LogP contribution in [0.1, 0.15) is 32.1 Å². The van der Waals surface area contributed by atoms with Crippen molar-refractivity contribution in [3.63, 3.8) is 0 Å². The Morgan fingerprint density at radius 2 is 2.00 bits per heavy atom. The van der Waals surface area contributed by atoms with E-state index in [0.717, 1.165) is 57.7 Å². The molecule has 2 fully saturated rings. The van der Waals surface area contributed by atoms with Gasteiger partial charge in [-0.1, -0.05) is 18.9 Å². The van der Waals surface area contributed by atoms with E-state index in [1.807, 2.05) is 17.0 Å². The van der Waals surface area contributed by atoms with Crippen LogP contribution in [0, 0.1) is 5.92 Å². The average Bonchev–Trinajstić information content (AvgIpc) is 2.93. The normalized spacial score (nSPS) is 21.5. The fourth-order valence-corrected chi connectivity index (χ4v) is 3.66. The van der Waals surface area contributed by atoms with Crippen LogP contribution in [0.5, 0.6) is 5.75 Å². The first-order chi connectivity index (χ1) is 11.8. The highest BCUT2D eigenvalue weighted by Crippen LogP contribution is 2.26. The number of methoxy groups -OCH3 is 1. The number of urea groups is 1. The van der Waals surface area contributed by atoms with Gasteiger partial charge in [-0.05, 0) is 37.3 Å². The zero-order chi connectivity index (χ0) is 16.8. The first-order valence-electron chi connectivity index (χ1n) is 9.18. The molecular formula is C19H29N3O2. The summed E-state index contributed by atoms with van der Waals surface area (Å²) in [4.78, 5) is 16.7. The van der Waals surface area contributed by atoms with E-state index in [1.54, 1.807) is 7.11 Å². The molecule has 24 heavy (non-hydrogen) atoms. The third-order valence-electron chi connectivity index (χ3n) is 5.14. The van der Waals surface area contributed by atoms with Gasteiger partial charge in [-0.3, -0.25) is 0 Å². The fraction of sp³-hybridized carbons (Fsp3) is 0.632. The molecule has 132 valence electrons. The molecule has 2 aliphatic heterocycles. The van der Waals surface area contributed by atoms with Crippen LogP contribution >= 0.6 is 0 Å². The Bertz CT molecular complexity index is 541. The molecule has 5 nitrogen and oxygen atoms in total. The van der Waals surface area contributed by atoms with Crippen LogP contribution in [0.4, 0.5) is 10.5 Å². The van der Waals surface area contributed by atoms with E-state index >= 15 is 0 Å². The second-order valence-corrected chi connectivity index (χ2v) is 6.89. The number of carbonyl (C=O) groups is 1. The summed E-state index contributed by atoms with van der Waals surface area (Å²) in [5.41, 5.74) is 1.20. The molecule has 2 amide bonds. The zero-order valence-corrected chi connectivity index (χ0v) is 14.7. The summed E-state index contributed by atoms with van der Waals surface area (Å²) in [7, 11) is 1.70. The monoisotopic (exact) mass is 331 g/mol. The van der Waals surface area contributed by atoms with Crippen molar-refractivity contribution in [1.29, 1.82) is 0 Å². The van der Waals surface area contributed by atoms with Gasteiger partial charge < -0.3 is 19.9 Å². The van der Waals surface area contributed by atoms with Crippen LogP contribution in [0.2, 0.25) is 0 Å². The number of hydrogen-bond acceptors (Lipinski definition) is 3. The highest BCUT2D eigenvalue weighted by Gasteiger charge is 2.24. The van der Waals surface area contributed by atoms with Gasteiger partial charge in [0.2, 0.25) is 0 Å². The highest BCUT2D eigenvalue weighted by atomic mass is 16.5. The molecule has 1 aromatic rings. The van der Waals surface area contributed by atoms with E-state index in [9.17, 15) is 4.79 Å². The summed E-state index contributed by atoms with van der Waals surface area (Å²) in [6.45, 7) is 4.62. The van der Waals surface area contributed by atoms with Gasteiger partial charge in [0.05, 0.1) is 7.11 Å². The molecule has 1 unspecified atom stereocenters. The number of likely N-dealkylation sites (tertiary alicyclic amines) is 1. The Morgan fingerprint density at radius 3 is 2.75 bits per heavy atom. The Hall–Kier alpha value is -1.91. The van der Waals surface area contributed by atoms with Crippen LogP contribution in [-0.2, 0) is 0 Å². The molecule has 0 saturated carbocycles. The van der Waals surface area contributed by atoms with E-state index in [0.29, 0.717) is 5.92 Å². The molecule has 2 saturated heterocycles.